The second kappa shape index (κ2) is 7.57. The summed E-state index contributed by atoms with van der Waals surface area (Å²) in [5.41, 5.74) is 1.64. The van der Waals surface area contributed by atoms with Crippen LogP contribution in [0.2, 0.25) is 0 Å². The lowest BCUT2D eigenvalue weighted by atomic mass is 10.2. The Morgan fingerprint density at radius 1 is 1.19 bits per heavy atom. The van der Waals surface area contributed by atoms with Gasteiger partial charge in [-0.1, -0.05) is 12.1 Å². The van der Waals surface area contributed by atoms with Gasteiger partial charge in [0.2, 0.25) is 10.0 Å². The van der Waals surface area contributed by atoms with E-state index in [1.807, 2.05) is 19.1 Å². The van der Waals surface area contributed by atoms with Crippen LogP contribution in [0.25, 0.3) is 0 Å². The molecule has 2 heterocycles. The molecule has 3 rings (SSSR count). The van der Waals surface area contributed by atoms with Crippen LogP contribution in [0.5, 0.6) is 0 Å². The van der Waals surface area contributed by atoms with Gasteiger partial charge in [-0.3, -0.25) is 9.69 Å². The molecule has 0 spiro atoms. The van der Waals surface area contributed by atoms with Gasteiger partial charge < -0.3 is 10.2 Å². The van der Waals surface area contributed by atoms with Crippen LogP contribution in [-0.4, -0.2) is 74.9 Å². The Bertz CT molecular complexity index is 847. The topological polar surface area (TPSA) is 91.2 Å². The lowest BCUT2D eigenvalue weighted by Gasteiger charge is -2.35. The number of imide groups is 1. The van der Waals surface area contributed by atoms with Crippen molar-refractivity contribution in [1.82, 2.24) is 14.5 Å². The molecule has 2 fully saturated rings. The van der Waals surface area contributed by atoms with Gasteiger partial charge in [0.1, 0.15) is 0 Å². The molecule has 2 saturated heterocycles. The first-order valence-corrected chi connectivity index (χ1v) is 10.7. The molecular formula is C18H27N4O4S+. The van der Waals surface area contributed by atoms with E-state index in [2.05, 4.69) is 5.32 Å². The fourth-order valence-electron chi connectivity index (χ4n) is 3.66. The molecule has 0 radical (unpaired) electrons. The van der Waals surface area contributed by atoms with Crippen molar-refractivity contribution in [3.8, 4) is 0 Å². The average molecular weight is 396 g/mol. The van der Waals surface area contributed by atoms with E-state index in [1.165, 1.54) is 9.21 Å². The van der Waals surface area contributed by atoms with Gasteiger partial charge in [-0.2, -0.15) is 4.31 Å². The highest BCUT2D eigenvalue weighted by Gasteiger charge is 2.38. The summed E-state index contributed by atoms with van der Waals surface area (Å²) in [7, 11) is -3.55. The van der Waals surface area contributed by atoms with Gasteiger partial charge in [-0.15, -0.1) is 0 Å². The lowest BCUT2D eigenvalue weighted by Crippen LogP contribution is -3.19. The third-order valence-electron chi connectivity index (χ3n) is 5.43. The maximum absolute atomic E-state index is 13.0. The van der Waals surface area contributed by atoms with Crippen molar-refractivity contribution in [2.24, 2.45) is 0 Å². The molecule has 0 bridgehead atoms. The molecule has 0 aliphatic carbocycles. The quantitative estimate of drug-likeness (QED) is 0.694. The van der Waals surface area contributed by atoms with E-state index in [-0.39, 0.29) is 18.0 Å². The number of sulfonamides is 1. The van der Waals surface area contributed by atoms with Gasteiger partial charge >= 0.3 is 6.03 Å². The first kappa shape index (κ1) is 19.8. The fraction of sp³-hybridized carbons (Fsp3) is 0.556. The number of quaternary nitrogens is 1. The molecule has 0 aromatic heterocycles. The van der Waals surface area contributed by atoms with Gasteiger partial charge in [0.05, 0.1) is 31.1 Å². The summed E-state index contributed by atoms with van der Waals surface area (Å²) in [5.74, 6) is -0.203. The zero-order valence-corrected chi connectivity index (χ0v) is 16.8. The first-order valence-electron chi connectivity index (χ1n) is 9.23. The molecule has 1 aromatic carbocycles. The van der Waals surface area contributed by atoms with Crippen molar-refractivity contribution in [2.45, 2.75) is 31.7 Å². The van der Waals surface area contributed by atoms with Crippen LogP contribution in [0.3, 0.4) is 0 Å². The van der Waals surface area contributed by atoms with Crippen LogP contribution < -0.4 is 10.2 Å². The molecule has 0 saturated carbocycles. The number of nitrogens with zero attached hydrogens (tertiary/aromatic N) is 2. The zero-order chi connectivity index (χ0) is 19.8. The SMILES string of the molecule is Cc1ccc(C)c(S(=O)(=O)N2CC[NH+]([C@@H](C)C(=O)N3CCNC3=O)CC2)c1. The Labute approximate surface area is 160 Å². The van der Waals surface area contributed by atoms with Gasteiger partial charge in [0.25, 0.3) is 5.91 Å². The van der Waals surface area contributed by atoms with Gasteiger partial charge in [-0.25, -0.2) is 13.2 Å². The number of nitrogens with one attached hydrogen (secondary N) is 2. The second-order valence-corrected chi connectivity index (χ2v) is 9.18. The monoisotopic (exact) mass is 395 g/mol. The summed E-state index contributed by atoms with van der Waals surface area (Å²) in [6.45, 7) is 8.13. The fourth-order valence-corrected chi connectivity index (χ4v) is 5.41. The highest BCUT2D eigenvalue weighted by molar-refractivity contribution is 7.89. The van der Waals surface area contributed by atoms with Gasteiger partial charge in [0.15, 0.2) is 6.04 Å². The molecule has 0 unspecified atom stereocenters. The number of urea groups is 1. The van der Waals surface area contributed by atoms with Crippen molar-refractivity contribution < 1.29 is 22.9 Å². The van der Waals surface area contributed by atoms with Crippen molar-refractivity contribution in [2.75, 3.05) is 39.3 Å². The van der Waals surface area contributed by atoms with Crippen molar-refractivity contribution in [3.63, 3.8) is 0 Å². The third kappa shape index (κ3) is 3.85. The summed E-state index contributed by atoms with van der Waals surface area (Å²) in [6, 6.07) is 4.72. The van der Waals surface area contributed by atoms with Crippen molar-refractivity contribution in [1.29, 1.82) is 0 Å². The molecule has 2 aliphatic rings. The van der Waals surface area contributed by atoms with Crippen LogP contribution in [0.15, 0.2) is 23.1 Å². The molecule has 1 aromatic rings. The van der Waals surface area contributed by atoms with E-state index in [4.69, 9.17) is 0 Å². The predicted molar refractivity (Wildman–Crippen MR) is 99.9 cm³/mol. The number of hydrogen-bond acceptors (Lipinski definition) is 4. The summed E-state index contributed by atoms with van der Waals surface area (Å²) in [6.07, 6.45) is 0. The summed E-state index contributed by atoms with van der Waals surface area (Å²) in [4.78, 5) is 26.9. The van der Waals surface area contributed by atoms with Crippen molar-refractivity contribution in [3.05, 3.63) is 29.3 Å². The lowest BCUT2D eigenvalue weighted by molar-refractivity contribution is -0.917. The molecular weight excluding hydrogens is 368 g/mol. The number of carbonyl (C=O) groups is 2. The minimum absolute atomic E-state index is 0.203. The minimum Gasteiger partial charge on any atom is -0.336 e. The second-order valence-electron chi connectivity index (χ2n) is 7.27. The number of piperazine rings is 1. The maximum atomic E-state index is 13.0. The van der Waals surface area contributed by atoms with Crippen molar-refractivity contribution >= 4 is 22.0 Å². The molecule has 3 amide bonds. The highest BCUT2D eigenvalue weighted by atomic mass is 32.2. The number of carbonyl (C=O) groups excluding carboxylic acids is 2. The molecule has 8 nitrogen and oxygen atoms in total. The van der Waals surface area contributed by atoms with Crippen LogP contribution in [0.1, 0.15) is 18.1 Å². The standard InChI is InChI=1S/C18H26N4O4S/c1-13-4-5-14(2)16(12-13)27(25,26)21-10-8-20(9-11-21)15(3)17(23)22-7-6-19-18(22)24/h4-5,12,15H,6-11H2,1-3H3,(H,19,24)/p+1/t15-/m0/s1. The van der Waals surface area contributed by atoms with E-state index in [9.17, 15) is 18.0 Å². The Hall–Kier alpha value is -1.97. The van der Waals surface area contributed by atoms with Gasteiger partial charge in [-0.05, 0) is 38.0 Å². The zero-order valence-electron chi connectivity index (χ0n) is 16.0. The highest BCUT2D eigenvalue weighted by Crippen LogP contribution is 2.21. The number of benzene rings is 1. The average Bonchev–Trinajstić information content (AvgIpc) is 3.08. The molecule has 2 aliphatic heterocycles. The largest absolute Gasteiger partial charge is 0.336 e. The molecule has 27 heavy (non-hydrogen) atoms. The Kier molecular flexibility index (Phi) is 5.55. The predicted octanol–water partition coefficient (Wildman–Crippen LogP) is -0.867. The molecule has 9 heteroatoms. The maximum Gasteiger partial charge on any atom is 0.324 e. The van der Waals surface area contributed by atoms with Crippen LogP contribution in [0, 0.1) is 13.8 Å². The van der Waals surface area contributed by atoms with Crippen LogP contribution in [0.4, 0.5) is 4.79 Å². The molecule has 1 atom stereocenters. The van der Waals surface area contributed by atoms with Crippen LogP contribution in [-0.2, 0) is 14.8 Å². The van der Waals surface area contributed by atoms with E-state index in [0.717, 1.165) is 16.0 Å². The van der Waals surface area contributed by atoms with Crippen LogP contribution >= 0.6 is 0 Å². The number of amides is 3. The Morgan fingerprint density at radius 3 is 2.44 bits per heavy atom. The Morgan fingerprint density at radius 2 is 1.85 bits per heavy atom. The summed E-state index contributed by atoms with van der Waals surface area (Å²) in [5, 5.41) is 2.63. The van der Waals surface area contributed by atoms with E-state index >= 15 is 0 Å². The van der Waals surface area contributed by atoms with E-state index in [0.29, 0.717) is 44.2 Å². The normalized spacial score (nSPS) is 20.6. The molecule has 148 valence electrons. The smallest absolute Gasteiger partial charge is 0.324 e. The number of hydrogen-bond donors (Lipinski definition) is 2. The minimum atomic E-state index is -3.55. The number of rotatable bonds is 4. The summed E-state index contributed by atoms with van der Waals surface area (Å²) >= 11 is 0. The van der Waals surface area contributed by atoms with E-state index < -0.39 is 10.0 Å². The van der Waals surface area contributed by atoms with E-state index in [1.54, 1.807) is 19.9 Å². The first-order chi connectivity index (χ1) is 12.7. The summed E-state index contributed by atoms with van der Waals surface area (Å²) < 4.78 is 27.5. The number of aryl methyl sites for hydroxylation is 2. The Balaban J connectivity index is 1.67. The third-order valence-corrected chi connectivity index (χ3v) is 7.47. The molecule has 2 N–H and O–H groups in total. The van der Waals surface area contributed by atoms with Gasteiger partial charge in [0, 0.05) is 13.1 Å².